The predicted molar refractivity (Wildman–Crippen MR) is 216 cm³/mol. The van der Waals surface area contributed by atoms with Crippen LogP contribution in [0.25, 0.3) is 0 Å². The van der Waals surface area contributed by atoms with Gasteiger partial charge in [0.2, 0.25) is 5.79 Å². The molecule has 57 heavy (non-hydrogen) atoms. The second kappa shape index (κ2) is 20.9. The first-order valence-electron chi connectivity index (χ1n) is 21.2. The average molecular weight is 824 g/mol. The number of aliphatic hydroxyl groups is 2. The molecule has 13 heteroatoms. The normalized spacial score (nSPS) is 40.1. The van der Waals surface area contributed by atoms with Crippen LogP contribution in [0.3, 0.4) is 0 Å². The van der Waals surface area contributed by atoms with Crippen molar-refractivity contribution < 1.29 is 53.1 Å². The number of aliphatic hydroxyl groups excluding tert-OH is 1. The average Bonchev–Trinajstić information content (AvgIpc) is 3.18. The standard InChI is InChI=1S/C44H70ClNO11/c1-10-14-31-20-26(2)19-27(3)21-36(54-8)39-37(55-9)22-29(5)44(52,57-39)40(49)41(50)46-18-12-11-16-33(46)42(51)56-38(30(6)34(47)23-35(31)48)28(4)24-43(45)17-13-15-32(25-43)53-7/h20,24,27,29-34,36-39,47,52H,10-19,21-23,25H2,1-9H3. The molecule has 3 aliphatic heterocycles. The van der Waals surface area contributed by atoms with Gasteiger partial charge in [-0.05, 0) is 96.0 Å². The molecule has 12 nitrogen and oxygen atoms in total. The summed E-state index contributed by atoms with van der Waals surface area (Å²) in [6, 6.07) is -1.14. The molecule has 1 aliphatic carbocycles. The van der Waals surface area contributed by atoms with E-state index in [9.17, 15) is 29.4 Å². The molecule has 3 fully saturated rings. The highest BCUT2D eigenvalue weighted by atomic mass is 35.5. The zero-order chi connectivity index (χ0) is 42.2. The maximum Gasteiger partial charge on any atom is 0.329 e. The number of ether oxygens (including phenoxy) is 5. The van der Waals surface area contributed by atoms with E-state index in [1.807, 2.05) is 26.0 Å². The Morgan fingerprint density at radius 2 is 1.68 bits per heavy atom. The van der Waals surface area contributed by atoms with Crippen LogP contribution >= 0.6 is 11.6 Å². The van der Waals surface area contributed by atoms with Crippen molar-refractivity contribution in [3.05, 3.63) is 23.3 Å². The maximum absolute atomic E-state index is 14.4. The monoisotopic (exact) mass is 823 g/mol. The van der Waals surface area contributed by atoms with E-state index in [1.165, 1.54) is 19.1 Å². The number of halogens is 1. The van der Waals surface area contributed by atoms with E-state index in [2.05, 4.69) is 6.92 Å². The molecule has 3 heterocycles. The molecule has 4 aliphatic rings. The van der Waals surface area contributed by atoms with Gasteiger partial charge in [-0.15, -0.1) is 11.6 Å². The Hall–Kier alpha value is -2.19. The molecule has 2 bridgehead atoms. The number of carbonyl (C=O) groups excluding carboxylic acids is 4. The highest BCUT2D eigenvalue weighted by Crippen LogP contribution is 2.41. The SMILES string of the molecule is CCCC1C=C(C)CC(C)CC(OC)C2OC(O)(C(=O)C(=O)N3CCCCC3C(=O)OC(C(C)=CC3(Cl)CCCC(OC)C3)C(C)C(O)CC1=O)C(C)CC2OC. The van der Waals surface area contributed by atoms with Crippen molar-refractivity contribution in [3.8, 4) is 0 Å². The summed E-state index contributed by atoms with van der Waals surface area (Å²) in [6.45, 7) is 11.4. The van der Waals surface area contributed by atoms with Crippen LogP contribution in [-0.2, 0) is 42.9 Å². The van der Waals surface area contributed by atoms with Crippen molar-refractivity contribution in [3.63, 3.8) is 0 Å². The zero-order valence-corrected chi connectivity index (χ0v) is 36.6. The number of rotatable bonds is 7. The molecular weight excluding hydrogens is 754 g/mol. The van der Waals surface area contributed by atoms with Gasteiger partial charge >= 0.3 is 5.97 Å². The first-order chi connectivity index (χ1) is 26.9. The Morgan fingerprint density at radius 3 is 2.33 bits per heavy atom. The van der Waals surface area contributed by atoms with E-state index in [1.54, 1.807) is 27.9 Å². The number of hydrogen-bond donors (Lipinski definition) is 2. The third-order valence-corrected chi connectivity index (χ3v) is 13.4. The number of nitrogens with zero attached hydrogens (tertiary/aromatic N) is 1. The number of hydrogen-bond acceptors (Lipinski definition) is 11. The van der Waals surface area contributed by atoms with Crippen LogP contribution in [0.4, 0.5) is 0 Å². The number of methoxy groups -OCH3 is 3. The molecule has 0 aromatic heterocycles. The summed E-state index contributed by atoms with van der Waals surface area (Å²) in [4.78, 5) is 57.2. The Labute approximate surface area is 345 Å². The first-order valence-corrected chi connectivity index (χ1v) is 21.6. The minimum atomic E-state index is -2.50. The summed E-state index contributed by atoms with van der Waals surface area (Å²) in [7, 11) is 4.74. The van der Waals surface area contributed by atoms with Crippen molar-refractivity contribution in [2.45, 2.75) is 178 Å². The van der Waals surface area contributed by atoms with Crippen LogP contribution in [0, 0.1) is 23.7 Å². The quantitative estimate of drug-likeness (QED) is 0.129. The highest BCUT2D eigenvalue weighted by Gasteiger charge is 2.56. The predicted octanol–water partition coefficient (Wildman–Crippen LogP) is 6.25. The third kappa shape index (κ3) is 11.6. The van der Waals surface area contributed by atoms with Crippen LogP contribution in [0.1, 0.15) is 125 Å². The molecule has 0 spiro atoms. The lowest BCUT2D eigenvalue weighted by molar-refractivity contribution is -0.302. The van der Waals surface area contributed by atoms with Crippen molar-refractivity contribution in [2.75, 3.05) is 27.9 Å². The zero-order valence-electron chi connectivity index (χ0n) is 35.8. The van der Waals surface area contributed by atoms with E-state index in [4.69, 9.17) is 35.3 Å². The maximum atomic E-state index is 14.4. The van der Waals surface area contributed by atoms with Gasteiger partial charge in [-0.2, -0.15) is 0 Å². The molecule has 0 aromatic carbocycles. The van der Waals surface area contributed by atoms with E-state index in [-0.39, 0.29) is 43.6 Å². The van der Waals surface area contributed by atoms with Gasteiger partial charge in [0.25, 0.3) is 11.7 Å². The van der Waals surface area contributed by atoms with Crippen LogP contribution in [0.15, 0.2) is 23.3 Å². The summed E-state index contributed by atoms with van der Waals surface area (Å²) in [5, 5.41) is 23.8. The lowest BCUT2D eigenvalue weighted by Crippen LogP contribution is -2.64. The van der Waals surface area contributed by atoms with Crippen molar-refractivity contribution in [1.29, 1.82) is 0 Å². The number of carbonyl (C=O) groups is 4. The van der Waals surface area contributed by atoms with Crippen molar-refractivity contribution in [1.82, 2.24) is 4.90 Å². The van der Waals surface area contributed by atoms with Gasteiger partial charge in [0.15, 0.2) is 0 Å². The van der Waals surface area contributed by atoms with E-state index < -0.39 is 82.6 Å². The number of fused-ring (bicyclic) bond motifs is 3. The van der Waals surface area contributed by atoms with Gasteiger partial charge in [0, 0.05) is 52.0 Å². The van der Waals surface area contributed by atoms with Crippen LogP contribution in [-0.4, -0.2) is 120 Å². The van der Waals surface area contributed by atoms with Gasteiger partial charge in [0.1, 0.15) is 24.0 Å². The Kier molecular flexibility index (Phi) is 17.4. The van der Waals surface area contributed by atoms with Crippen LogP contribution in [0.2, 0.25) is 0 Å². The van der Waals surface area contributed by atoms with Gasteiger partial charge in [-0.25, -0.2) is 4.79 Å². The van der Waals surface area contributed by atoms with E-state index >= 15 is 0 Å². The number of piperidine rings is 1. The minimum absolute atomic E-state index is 0.0375. The van der Waals surface area contributed by atoms with Crippen molar-refractivity contribution in [2.24, 2.45) is 23.7 Å². The summed E-state index contributed by atoms with van der Waals surface area (Å²) in [6.07, 6.45) is 6.53. The van der Waals surface area contributed by atoms with Gasteiger partial charge in [-0.1, -0.05) is 51.8 Å². The third-order valence-electron chi connectivity index (χ3n) is 13.0. The number of cyclic esters (lactones) is 1. The highest BCUT2D eigenvalue weighted by molar-refractivity contribution is 6.39. The second-order valence-electron chi connectivity index (χ2n) is 17.6. The lowest BCUT2D eigenvalue weighted by atomic mass is 9.81. The summed E-state index contributed by atoms with van der Waals surface area (Å²) >= 11 is 7.19. The summed E-state index contributed by atoms with van der Waals surface area (Å²) in [5.74, 6) is -7.48. The fourth-order valence-electron chi connectivity index (χ4n) is 9.61. The number of esters is 1. The van der Waals surface area contributed by atoms with Crippen molar-refractivity contribution >= 4 is 35.0 Å². The molecule has 1 amide bonds. The smallest absolute Gasteiger partial charge is 0.329 e. The molecule has 2 N–H and O–H groups in total. The Bertz CT molecular complexity index is 1470. The molecule has 1 saturated carbocycles. The minimum Gasteiger partial charge on any atom is -0.456 e. The molecule has 13 atom stereocenters. The Balaban J connectivity index is 1.79. The number of Topliss-reactive ketones (excluding diaryl/α,β-unsaturated/α-hetero) is 2. The summed E-state index contributed by atoms with van der Waals surface area (Å²) < 4.78 is 30.0. The molecule has 0 aromatic rings. The number of ketones is 2. The fraction of sp³-hybridized carbons (Fsp3) is 0.818. The van der Waals surface area contributed by atoms with E-state index in [0.29, 0.717) is 50.5 Å². The van der Waals surface area contributed by atoms with Gasteiger partial charge < -0.3 is 38.8 Å². The molecular formula is C44H70ClNO11. The Morgan fingerprint density at radius 1 is 1.00 bits per heavy atom. The largest absolute Gasteiger partial charge is 0.456 e. The van der Waals surface area contributed by atoms with Crippen LogP contribution < -0.4 is 0 Å². The topological polar surface area (TPSA) is 158 Å². The first kappa shape index (κ1) is 47.5. The van der Waals surface area contributed by atoms with Crippen LogP contribution in [0.5, 0.6) is 0 Å². The fourth-order valence-corrected chi connectivity index (χ4v) is 10.1. The van der Waals surface area contributed by atoms with Gasteiger partial charge in [0.05, 0.1) is 29.3 Å². The number of alkyl halides is 1. The lowest BCUT2D eigenvalue weighted by Gasteiger charge is -2.47. The number of amides is 1. The molecule has 0 radical (unpaired) electrons. The second-order valence-corrected chi connectivity index (χ2v) is 18.3. The number of allylic oxidation sites excluding steroid dienone is 3. The summed E-state index contributed by atoms with van der Waals surface area (Å²) in [5.41, 5.74) is 1.62. The molecule has 2 saturated heterocycles. The molecule has 324 valence electrons. The van der Waals surface area contributed by atoms with E-state index in [0.717, 1.165) is 24.8 Å². The van der Waals surface area contributed by atoms with Gasteiger partial charge in [-0.3, -0.25) is 14.4 Å². The molecule has 4 rings (SSSR count). The molecule has 13 unspecified atom stereocenters.